The van der Waals surface area contributed by atoms with Gasteiger partial charge in [-0.3, -0.25) is 0 Å². The van der Waals surface area contributed by atoms with E-state index in [4.69, 9.17) is 5.11 Å². The van der Waals surface area contributed by atoms with Gasteiger partial charge in [-0.25, -0.2) is 4.79 Å². The van der Waals surface area contributed by atoms with Gasteiger partial charge >= 0.3 is 5.97 Å². The van der Waals surface area contributed by atoms with Crippen molar-refractivity contribution in [1.29, 1.82) is 0 Å². The van der Waals surface area contributed by atoms with Crippen LogP contribution < -0.4 is 0 Å². The summed E-state index contributed by atoms with van der Waals surface area (Å²) < 4.78 is 0. The zero-order valence-corrected chi connectivity index (χ0v) is 7.12. The molecule has 2 nitrogen and oxygen atoms in total. The summed E-state index contributed by atoms with van der Waals surface area (Å²) in [6, 6.07) is 0. The Bertz CT molecular complexity index is 230. The lowest BCUT2D eigenvalue weighted by Crippen LogP contribution is -2.16. The van der Waals surface area contributed by atoms with E-state index in [9.17, 15) is 4.79 Å². The van der Waals surface area contributed by atoms with Gasteiger partial charge in [-0.05, 0) is 37.5 Å². The Morgan fingerprint density at radius 1 is 1.42 bits per heavy atom. The van der Waals surface area contributed by atoms with Crippen LogP contribution in [0.3, 0.4) is 0 Å². The molecule has 2 aliphatic rings. The minimum Gasteiger partial charge on any atom is -0.478 e. The first-order valence-electron chi connectivity index (χ1n) is 4.69. The summed E-state index contributed by atoms with van der Waals surface area (Å²) in [5.41, 5.74) is 0.651. The van der Waals surface area contributed by atoms with E-state index in [1.165, 1.54) is 19.3 Å². The van der Waals surface area contributed by atoms with Crippen molar-refractivity contribution in [2.24, 2.45) is 11.8 Å². The third-order valence-electron chi connectivity index (χ3n) is 3.24. The molecule has 2 aliphatic carbocycles. The number of hydrogen-bond donors (Lipinski definition) is 1. The molecule has 2 heteroatoms. The molecule has 0 bridgehead atoms. The fraction of sp³-hybridized carbons (Fsp3) is 0.700. The molecule has 2 rings (SSSR count). The third kappa shape index (κ3) is 1.26. The summed E-state index contributed by atoms with van der Waals surface area (Å²) in [6.07, 6.45) is 7.61. The lowest BCUT2D eigenvalue weighted by atomic mass is 9.82. The van der Waals surface area contributed by atoms with E-state index in [1.807, 2.05) is 6.08 Å². The predicted octanol–water partition coefficient (Wildman–Crippen LogP) is 2.21. The van der Waals surface area contributed by atoms with Gasteiger partial charge in [0.25, 0.3) is 0 Å². The summed E-state index contributed by atoms with van der Waals surface area (Å²) in [5.74, 6) is 0.773. The Balaban J connectivity index is 2.09. The van der Waals surface area contributed by atoms with Crippen molar-refractivity contribution in [3.63, 3.8) is 0 Å². The Morgan fingerprint density at radius 2 is 2.17 bits per heavy atom. The number of hydrogen-bond acceptors (Lipinski definition) is 1. The van der Waals surface area contributed by atoms with Gasteiger partial charge in [0.05, 0.1) is 0 Å². The quantitative estimate of drug-likeness (QED) is 0.648. The van der Waals surface area contributed by atoms with E-state index >= 15 is 0 Å². The molecular formula is C10H14O2. The highest BCUT2D eigenvalue weighted by Gasteiger charge is 2.31. The summed E-state index contributed by atoms with van der Waals surface area (Å²) in [5, 5.41) is 8.79. The van der Waals surface area contributed by atoms with E-state index in [-0.39, 0.29) is 0 Å². The lowest BCUT2D eigenvalue weighted by Gasteiger charge is -2.23. The van der Waals surface area contributed by atoms with Crippen molar-refractivity contribution >= 4 is 5.97 Å². The van der Waals surface area contributed by atoms with Gasteiger partial charge in [0, 0.05) is 5.57 Å². The molecule has 12 heavy (non-hydrogen) atoms. The van der Waals surface area contributed by atoms with Gasteiger partial charge in [0.1, 0.15) is 0 Å². The highest BCUT2D eigenvalue weighted by Crippen LogP contribution is 2.41. The van der Waals surface area contributed by atoms with E-state index in [0.29, 0.717) is 11.5 Å². The normalized spacial score (nSPS) is 34.2. The number of carboxylic acid groups (broad SMARTS) is 1. The number of carbonyl (C=O) groups is 1. The van der Waals surface area contributed by atoms with E-state index in [1.54, 1.807) is 0 Å². The van der Waals surface area contributed by atoms with Gasteiger partial charge in [-0.1, -0.05) is 12.5 Å². The summed E-state index contributed by atoms with van der Waals surface area (Å²) in [6.45, 7) is 0. The zero-order valence-electron chi connectivity index (χ0n) is 7.12. The van der Waals surface area contributed by atoms with Gasteiger partial charge in [-0.2, -0.15) is 0 Å². The Labute approximate surface area is 72.3 Å². The molecule has 0 aromatic heterocycles. The second kappa shape index (κ2) is 2.92. The smallest absolute Gasteiger partial charge is 0.331 e. The van der Waals surface area contributed by atoms with Crippen LogP contribution in [-0.2, 0) is 4.79 Å². The number of fused-ring (bicyclic) bond motifs is 1. The van der Waals surface area contributed by atoms with Crippen LogP contribution in [0.5, 0.6) is 0 Å². The molecule has 0 saturated heterocycles. The Morgan fingerprint density at radius 3 is 2.92 bits per heavy atom. The highest BCUT2D eigenvalue weighted by molar-refractivity contribution is 5.86. The third-order valence-corrected chi connectivity index (χ3v) is 3.24. The Hall–Kier alpha value is -0.790. The van der Waals surface area contributed by atoms with Gasteiger partial charge in [-0.15, -0.1) is 0 Å². The first-order chi connectivity index (χ1) is 5.77. The minimum absolute atomic E-state index is 0.651. The van der Waals surface area contributed by atoms with Crippen LogP contribution in [0, 0.1) is 11.8 Å². The molecule has 0 radical (unpaired) electrons. The molecule has 1 N–H and O–H groups in total. The molecule has 0 aromatic rings. The molecular weight excluding hydrogens is 152 g/mol. The largest absolute Gasteiger partial charge is 0.478 e. The first kappa shape index (κ1) is 7.84. The van der Waals surface area contributed by atoms with Crippen LogP contribution >= 0.6 is 0 Å². The molecule has 2 atom stereocenters. The van der Waals surface area contributed by atoms with Crippen LogP contribution in [0.2, 0.25) is 0 Å². The molecule has 0 amide bonds. The van der Waals surface area contributed by atoms with Gasteiger partial charge in [0.2, 0.25) is 0 Å². The monoisotopic (exact) mass is 166 g/mol. The zero-order chi connectivity index (χ0) is 8.55. The molecule has 1 saturated carbocycles. The fourth-order valence-corrected chi connectivity index (χ4v) is 2.53. The molecule has 0 heterocycles. The van der Waals surface area contributed by atoms with Crippen molar-refractivity contribution in [2.45, 2.75) is 32.1 Å². The number of allylic oxidation sites excluding steroid dienone is 1. The van der Waals surface area contributed by atoms with Gasteiger partial charge < -0.3 is 5.11 Å². The maximum atomic E-state index is 10.7. The van der Waals surface area contributed by atoms with Crippen LogP contribution in [-0.4, -0.2) is 11.1 Å². The second-order valence-corrected chi connectivity index (χ2v) is 3.93. The topological polar surface area (TPSA) is 37.3 Å². The van der Waals surface area contributed by atoms with Crippen LogP contribution in [0.25, 0.3) is 0 Å². The van der Waals surface area contributed by atoms with Crippen LogP contribution in [0.4, 0.5) is 0 Å². The average molecular weight is 166 g/mol. The Kier molecular flexibility index (Phi) is 1.91. The van der Waals surface area contributed by atoms with E-state index in [0.717, 1.165) is 18.8 Å². The molecule has 0 spiro atoms. The molecule has 0 aromatic carbocycles. The molecule has 1 fully saturated rings. The first-order valence-corrected chi connectivity index (χ1v) is 4.69. The number of carboxylic acids is 1. The SMILES string of the molecule is O=C(O)C1=CC[C@H]2CCC[C@@H]2C1. The number of rotatable bonds is 1. The highest BCUT2D eigenvalue weighted by atomic mass is 16.4. The molecule has 0 unspecified atom stereocenters. The van der Waals surface area contributed by atoms with Crippen LogP contribution in [0.15, 0.2) is 11.6 Å². The van der Waals surface area contributed by atoms with Crippen molar-refractivity contribution in [2.75, 3.05) is 0 Å². The fourth-order valence-electron chi connectivity index (χ4n) is 2.53. The maximum absolute atomic E-state index is 10.7. The summed E-state index contributed by atoms with van der Waals surface area (Å²) in [4.78, 5) is 10.7. The predicted molar refractivity (Wildman–Crippen MR) is 45.8 cm³/mol. The second-order valence-electron chi connectivity index (χ2n) is 3.93. The molecule has 66 valence electrons. The maximum Gasteiger partial charge on any atom is 0.331 e. The van der Waals surface area contributed by atoms with Crippen molar-refractivity contribution in [1.82, 2.24) is 0 Å². The minimum atomic E-state index is -0.708. The standard InChI is InChI=1S/C10H14O2/c11-10(12)9-5-4-7-2-1-3-8(7)6-9/h5,7-8H,1-4,6H2,(H,11,12)/t7-,8-/m1/s1. The number of aliphatic carboxylic acids is 1. The van der Waals surface area contributed by atoms with Crippen molar-refractivity contribution in [3.8, 4) is 0 Å². The summed E-state index contributed by atoms with van der Waals surface area (Å²) in [7, 11) is 0. The van der Waals surface area contributed by atoms with Gasteiger partial charge in [0.15, 0.2) is 0 Å². The van der Waals surface area contributed by atoms with Crippen LogP contribution in [0.1, 0.15) is 32.1 Å². The molecule has 0 aliphatic heterocycles. The lowest BCUT2D eigenvalue weighted by molar-refractivity contribution is -0.133. The average Bonchev–Trinajstić information content (AvgIpc) is 2.49. The van der Waals surface area contributed by atoms with Crippen molar-refractivity contribution < 1.29 is 9.90 Å². The van der Waals surface area contributed by atoms with E-state index < -0.39 is 5.97 Å². The summed E-state index contributed by atoms with van der Waals surface area (Å²) >= 11 is 0. The van der Waals surface area contributed by atoms with E-state index in [2.05, 4.69) is 0 Å². The van der Waals surface area contributed by atoms with Crippen molar-refractivity contribution in [3.05, 3.63) is 11.6 Å².